The van der Waals surface area contributed by atoms with Crippen LogP contribution in [0.3, 0.4) is 0 Å². The highest BCUT2D eigenvalue weighted by Crippen LogP contribution is 1.62. The van der Waals surface area contributed by atoms with Crippen LogP contribution in [0.2, 0.25) is 0 Å². The summed E-state index contributed by atoms with van der Waals surface area (Å²) in [5.41, 5.74) is 0.250. The standard InChI is InChI=1S/C4H6N4/c5-4-1-2-7-3-8(4)6/h1-3,5H,6H2. The zero-order valence-corrected chi connectivity index (χ0v) is 4.20. The number of hydrogen-bond donors (Lipinski definition) is 2. The predicted octanol–water partition coefficient (Wildman–Crippen LogP) is -0.924. The molecule has 0 unspecified atom stereocenters. The molecule has 0 amide bonds. The molecule has 0 aliphatic rings. The summed E-state index contributed by atoms with van der Waals surface area (Å²) in [6.45, 7) is 0. The lowest BCUT2D eigenvalue weighted by Gasteiger charge is -1.91. The molecule has 1 aromatic heterocycles. The monoisotopic (exact) mass is 110 g/mol. The molecular formula is C4H6N4. The highest BCUT2D eigenvalue weighted by atomic mass is 15.3. The molecule has 0 spiro atoms. The van der Waals surface area contributed by atoms with Gasteiger partial charge in [0.15, 0.2) is 0 Å². The Kier molecular flexibility index (Phi) is 0.997. The first-order valence-corrected chi connectivity index (χ1v) is 2.13. The van der Waals surface area contributed by atoms with E-state index in [-0.39, 0.29) is 5.49 Å². The van der Waals surface area contributed by atoms with Gasteiger partial charge in [-0.25, -0.2) is 9.66 Å². The largest absolute Gasteiger partial charge is 0.336 e. The third-order valence-corrected chi connectivity index (χ3v) is 0.788. The smallest absolute Gasteiger partial charge is 0.146 e. The Balaban J connectivity index is 3.35. The Bertz CT molecular complexity index is 225. The fourth-order valence-electron chi connectivity index (χ4n) is 0.372. The molecule has 0 aliphatic heterocycles. The van der Waals surface area contributed by atoms with Crippen LogP contribution >= 0.6 is 0 Å². The van der Waals surface area contributed by atoms with E-state index in [2.05, 4.69) is 4.98 Å². The van der Waals surface area contributed by atoms with Crippen LogP contribution in [0.15, 0.2) is 18.6 Å². The van der Waals surface area contributed by atoms with E-state index < -0.39 is 0 Å². The van der Waals surface area contributed by atoms with E-state index in [1.807, 2.05) is 0 Å². The topological polar surface area (TPSA) is 67.7 Å². The molecule has 1 rings (SSSR count). The van der Waals surface area contributed by atoms with Gasteiger partial charge < -0.3 is 5.84 Å². The van der Waals surface area contributed by atoms with Gasteiger partial charge in [0.1, 0.15) is 11.8 Å². The lowest BCUT2D eigenvalue weighted by Crippen LogP contribution is -2.25. The van der Waals surface area contributed by atoms with Gasteiger partial charge in [0.05, 0.1) is 0 Å². The summed E-state index contributed by atoms with van der Waals surface area (Å²) in [5, 5.41) is 7.02. The second-order valence-electron chi connectivity index (χ2n) is 1.37. The minimum Gasteiger partial charge on any atom is -0.336 e. The first-order valence-electron chi connectivity index (χ1n) is 2.13. The fourth-order valence-corrected chi connectivity index (χ4v) is 0.372. The Morgan fingerprint density at radius 2 is 2.50 bits per heavy atom. The maximum Gasteiger partial charge on any atom is 0.146 e. The van der Waals surface area contributed by atoms with E-state index in [1.54, 1.807) is 0 Å². The van der Waals surface area contributed by atoms with Gasteiger partial charge in [-0.1, -0.05) is 0 Å². The van der Waals surface area contributed by atoms with E-state index in [9.17, 15) is 0 Å². The number of rotatable bonds is 0. The molecule has 1 aromatic rings. The Morgan fingerprint density at radius 1 is 1.75 bits per heavy atom. The van der Waals surface area contributed by atoms with Gasteiger partial charge in [0.25, 0.3) is 0 Å². The number of hydrogen-bond acceptors (Lipinski definition) is 3. The van der Waals surface area contributed by atoms with Crippen molar-refractivity contribution in [3.05, 3.63) is 24.1 Å². The van der Waals surface area contributed by atoms with Crippen molar-refractivity contribution < 1.29 is 0 Å². The minimum absolute atomic E-state index is 0.250. The van der Waals surface area contributed by atoms with Crippen molar-refractivity contribution in [1.82, 2.24) is 9.66 Å². The molecule has 3 N–H and O–H groups in total. The molecule has 0 saturated heterocycles. The molecule has 4 nitrogen and oxygen atoms in total. The van der Waals surface area contributed by atoms with Gasteiger partial charge in [-0.15, -0.1) is 0 Å². The summed E-state index contributed by atoms with van der Waals surface area (Å²) in [6.07, 6.45) is 2.90. The summed E-state index contributed by atoms with van der Waals surface area (Å²) in [7, 11) is 0. The van der Waals surface area contributed by atoms with Crippen molar-refractivity contribution >= 4 is 0 Å². The van der Waals surface area contributed by atoms with Gasteiger partial charge >= 0.3 is 0 Å². The SMILES string of the molecule is N=c1ccncn1N. The minimum atomic E-state index is 0.250. The van der Waals surface area contributed by atoms with E-state index in [0.717, 1.165) is 4.68 Å². The lowest BCUT2D eigenvalue weighted by atomic mass is 10.7. The molecule has 0 bridgehead atoms. The fraction of sp³-hybridized carbons (Fsp3) is 0. The summed E-state index contributed by atoms with van der Waals surface area (Å²) < 4.78 is 1.14. The quantitative estimate of drug-likeness (QED) is 0.424. The molecule has 0 atom stereocenters. The maximum absolute atomic E-state index is 7.02. The van der Waals surface area contributed by atoms with E-state index >= 15 is 0 Å². The first-order chi connectivity index (χ1) is 3.80. The summed E-state index contributed by atoms with van der Waals surface area (Å²) >= 11 is 0. The zero-order valence-electron chi connectivity index (χ0n) is 4.20. The second-order valence-corrected chi connectivity index (χ2v) is 1.37. The van der Waals surface area contributed by atoms with Crippen LogP contribution in [0.25, 0.3) is 0 Å². The Labute approximate surface area is 46.1 Å². The van der Waals surface area contributed by atoms with Crippen molar-refractivity contribution in [3.63, 3.8) is 0 Å². The molecule has 4 heteroatoms. The van der Waals surface area contributed by atoms with Gasteiger partial charge in [-0.2, -0.15) is 0 Å². The van der Waals surface area contributed by atoms with Gasteiger partial charge in [0.2, 0.25) is 0 Å². The van der Waals surface area contributed by atoms with Crippen LogP contribution in [0, 0.1) is 5.41 Å². The van der Waals surface area contributed by atoms with Crippen LogP contribution in [-0.2, 0) is 0 Å². The molecule has 0 aromatic carbocycles. The molecular weight excluding hydrogens is 104 g/mol. The molecule has 0 aliphatic carbocycles. The number of nitrogens with one attached hydrogen (secondary N) is 1. The van der Waals surface area contributed by atoms with Crippen LogP contribution in [0.5, 0.6) is 0 Å². The van der Waals surface area contributed by atoms with Crippen LogP contribution < -0.4 is 11.3 Å². The van der Waals surface area contributed by atoms with E-state index in [1.165, 1.54) is 18.6 Å². The van der Waals surface area contributed by atoms with Crippen LogP contribution in [0.1, 0.15) is 0 Å². The van der Waals surface area contributed by atoms with E-state index in [0.29, 0.717) is 0 Å². The molecule has 0 radical (unpaired) electrons. The number of nitrogens with zero attached hydrogens (tertiary/aromatic N) is 2. The molecule has 8 heavy (non-hydrogen) atoms. The highest BCUT2D eigenvalue weighted by molar-refractivity contribution is 4.77. The lowest BCUT2D eigenvalue weighted by molar-refractivity contribution is 0.843. The summed E-state index contributed by atoms with van der Waals surface area (Å²) in [4.78, 5) is 3.66. The van der Waals surface area contributed by atoms with Gasteiger partial charge in [0, 0.05) is 12.3 Å². The molecule has 0 saturated carbocycles. The van der Waals surface area contributed by atoms with Crippen molar-refractivity contribution in [2.45, 2.75) is 0 Å². The first kappa shape index (κ1) is 4.83. The predicted molar refractivity (Wildman–Crippen MR) is 28.2 cm³/mol. The van der Waals surface area contributed by atoms with Crippen molar-refractivity contribution in [1.29, 1.82) is 5.41 Å². The zero-order chi connectivity index (χ0) is 5.98. The average Bonchev–Trinajstić information content (AvgIpc) is 1.77. The van der Waals surface area contributed by atoms with Crippen molar-refractivity contribution in [3.8, 4) is 0 Å². The number of nitrogen functional groups attached to an aromatic ring is 1. The highest BCUT2D eigenvalue weighted by Gasteiger charge is 1.77. The van der Waals surface area contributed by atoms with Crippen molar-refractivity contribution in [2.24, 2.45) is 0 Å². The van der Waals surface area contributed by atoms with Crippen molar-refractivity contribution in [2.75, 3.05) is 5.84 Å². The maximum atomic E-state index is 7.02. The summed E-state index contributed by atoms with van der Waals surface area (Å²) in [6, 6.07) is 1.51. The molecule has 0 fully saturated rings. The van der Waals surface area contributed by atoms with Crippen LogP contribution in [-0.4, -0.2) is 9.66 Å². The average molecular weight is 110 g/mol. The third-order valence-electron chi connectivity index (χ3n) is 0.788. The number of aromatic nitrogens is 2. The Morgan fingerprint density at radius 3 is 2.88 bits per heavy atom. The summed E-state index contributed by atoms with van der Waals surface area (Å²) in [5.74, 6) is 5.19. The van der Waals surface area contributed by atoms with Gasteiger partial charge in [-0.3, -0.25) is 5.41 Å². The van der Waals surface area contributed by atoms with Crippen LogP contribution in [0.4, 0.5) is 0 Å². The second kappa shape index (κ2) is 1.65. The molecule has 1 heterocycles. The normalized spacial score (nSPS) is 9.00. The van der Waals surface area contributed by atoms with Gasteiger partial charge in [-0.05, 0) is 0 Å². The molecule has 42 valence electrons. The third kappa shape index (κ3) is 0.676. The van der Waals surface area contributed by atoms with E-state index in [4.69, 9.17) is 11.3 Å². The Hall–Kier alpha value is -1.32. The number of nitrogens with two attached hydrogens (primary N) is 1.